The zero-order chi connectivity index (χ0) is 32.4. The molecule has 1 fully saturated rings. The molecular formula is C32H50BrN5O5. The Hall–Kier alpha value is -2.95. The molecule has 5 amide bonds. The molecule has 0 aliphatic carbocycles. The average molecular weight is 665 g/mol. The fraction of sp³-hybridized carbons (Fsp3) is 0.656. The molecule has 5 N–H and O–H groups in total. The molecule has 0 radical (unpaired) electrons. The second-order valence-corrected chi connectivity index (χ2v) is 14.1. The van der Waals surface area contributed by atoms with Crippen LogP contribution in [0.2, 0.25) is 0 Å². The summed E-state index contributed by atoms with van der Waals surface area (Å²) >= 11 is 3.42. The van der Waals surface area contributed by atoms with Crippen molar-refractivity contribution in [2.24, 2.45) is 23.7 Å². The van der Waals surface area contributed by atoms with Gasteiger partial charge in [-0.3, -0.25) is 24.0 Å². The Labute approximate surface area is 264 Å². The van der Waals surface area contributed by atoms with Crippen molar-refractivity contribution in [2.75, 3.05) is 0 Å². The van der Waals surface area contributed by atoms with Gasteiger partial charge >= 0.3 is 0 Å². The van der Waals surface area contributed by atoms with Crippen LogP contribution in [0.3, 0.4) is 0 Å². The summed E-state index contributed by atoms with van der Waals surface area (Å²) in [6.45, 7) is 15.2. The van der Waals surface area contributed by atoms with Crippen LogP contribution in [0.15, 0.2) is 28.7 Å². The molecule has 0 spiro atoms. The Morgan fingerprint density at radius 2 is 0.884 bits per heavy atom. The first kappa shape index (κ1) is 36.2. The number of amides is 5. The van der Waals surface area contributed by atoms with Crippen LogP contribution < -0.4 is 26.6 Å². The molecule has 11 heteroatoms. The number of hydrogen-bond donors (Lipinski definition) is 5. The minimum Gasteiger partial charge on any atom is -0.343 e. The van der Waals surface area contributed by atoms with Crippen LogP contribution >= 0.6 is 15.9 Å². The van der Waals surface area contributed by atoms with Crippen molar-refractivity contribution in [3.8, 4) is 0 Å². The number of halogens is 1. The van der Waals surface area contributed by atoms with Gasteiger partial charge in [0, 0.05) is 10.9 Å². The van der Waals surface area contributed by atoms with E-state index in [4.69, 9.17) is 0 Å². The van der Waals surface area contributed by atoms with Crippen LogP contribution in [0.4, 0.5) is 0 Å². The summed E-state index contributed by atoms with van der Waals surface area (Å²) in [6.07, 6.45) is 1.18. The molecule has 0 bridgehead atoms. The third-order valence-electron chi connectivity index (χ3n) is 7.25. The first-order chi connectivity index (χ1) is 20.1. The number of rotatable bonds is 9. The van der Waals surface area contributed by atoms with Crippen molar-refractivity contribution < 1.29 is 24.0 Å². The third kappa shape index (κ3) is 11.9. The fourth-order valence-corrected chi connectivity index (χ4v) is 5.31. The Morgan fingerprint density at radius 1 is 0.535 bits per heavy atom. The Morgan fingerprint density at radius 3 is 1.28 bits per heavy atom. The highest BCUT2D eigenvalue weighted by atomic mass is 79.9. The van der Waals surface area contributed by atoms with Gasteiger partial charge in [0.15, 0.2) is 0 Å². The number of carbonyl (C=O) groups is 5. The van der Waals surface area contributed by atoms with Gasteiger partial charge in [-0.25, -0.2) is 0 Å². The maximum absolute atomic E-state index is 13.8. The van der Waals surface area contributed by atoms with Crippen LogP contribution in [0.25, 0.3) is 0 Å². The maximum atomic E-state index is 13.8. The molecule has 2 rings (SSSR count). The van der Waals surface area contributed by atoms with Crippen molar-refractivity contribution in [1.82, 2.24) is 26.6 Å². The summed E-state index contributed by atoms with van der Waals surface area (Å²) < 4.78 is 0.874. The van der Waals surface area contributed by atoms with E-state index in [1.54, 1.807) is 0 Å². The number of benzene rings is 1. The SMILES string of the molecule is CC(C)C[C@@H]1NC(=O)[C@H](CC(C)C)NC(=O)[C@@H](Cc2ccc(Br)cc2)NC(=O)[C@H](CC(C)C)NC(=O)[C@H](C(C)C)NC1=O. The number of nitrogens with one attached hydrogen (secondary N) is 5. The van der Waals surface area contributed by atoms with Gasteiger partial charge in [0.2, 0.25) is 29.5 Å². The maximum Gasteiger partial charge on any atom is 0.243 e. The van der Waals surface area contributed by atoms with E-state index in [-0.39, 0.29) is 30.1 Å². The molecule has 1 aliphatic heterocycles. The molecule has 1 aliphatic rings. The third-order valence-corrected chi connectivity index (χ3v) is 7.78. The van der Waals surface area contributed by atoms with Crippen molar-refractivity contribution >= 4 is 45.5 Å². The lowest BCUT2D eigenvalue weighted by Crippen LogP contribution is -2.59. The highest BCUT2D eigenvalue weighted by Gasteiger charge is 2.36. The zero-order valence-corrected chi connectivity index (χ0v) is 28.3. The molecule has 1 heterocycles. The second-order valence-electron chi connectivity index (χ2n) is 13.2. The summed E-state index contributed by atoms with van der Waals surface area (Å²) in [7, 11) is 0. The highest BCUT2D eigenvalue weighted by Crippen LogP contribution is 2.15. The van der Waals surface area contributed by atoms with E-state index >= 15 is 0 Å². The number of carbonyl (C=O) groups excluding carboxylic acids is 5. The molecule has 0 saturated carbocycles. The normalized spacial score (nSPS) is 24.7. The molecule has 0 unspecified atom stereocenters. The molecule has 1 aromatic rings. The molecule has 5 atom stereocenters. The molecule has 1 aromatic carbocycles. The van der Waals surface area contributed by atoms with E-state index in [0.29, 0.717) is 19.3 Å². The molecule has 240 valence electrons. The molecule has 1 saturated heterocycles. The number of hydrogen-bond acceptors (Lipinski definition) is 5. The highest BCUT2D eigenvalue weighted by molar-refractivity contribution is 9.10. The van der Waals surface area contributed by atoms with E-state index in [2.05, 4.69) is 42.5 Å². The van der Waals surface area contributed by atoms with Crippen molar-refractivity contribution in [1.29, 1.82) is 0 Å². The Balaban J connectivity index is 2.60. The average Bonchev–Trinajstić information content (AvgIpc) is 2.89. The van der Waals surface area contributed by atoms with Crippen LogP contribution in [0.1, 0.15) is 80.2 Å². The monoisotopic (exact) mass is 663 g/mol. The lowest BCUT2D eigenvalue weighted by Gasteiger charge is -2.28. The summed E-state index contributed by atoms with van der Waals surface area (Å²) in [5.74, 6) is -2.63. The Bertz CT molecular complexity index is 1120. The van der Waals surface area contributed by atoms with Gasteiger partial charge in [0.05, 0.1) is 0 Å². The molecule has 43 heavy (non-hydrogen) atoms. The van der Waals surface area contributed by atoms with Crippen LogP contribution in [-0.4, -0.2) is 59.7 Å². The van der Waals surface area contributed by atoms with Crippen molar-refractivity contribution in [2.45, 2.75) is 111 Å². The summed E-state index contributed by atoms with van der Waals surface area (Å²) in [6, 6.07) is 2.68. The second kappa shape index (κ2) is 16.8. The van der Waals surface area contributed by atoms with Gasteiger partial charge in [-0.1, -0.05) is 83.5 Å². The first-order valence-corrected chi connectivity index (χ1v) is 16.1. The van der Waals surface area contributed by atoms with E-state index in [1.165, 1.54) is 0 Å². The van der Waals surface area contributed by atoms with E-state index in [1.807, 2.05) is 79.7 Å². The summed E-state index contributed by atoms with van der Waals surface area (Å²) in [4.78, 5) is 68.1. The first-order valence-electron chi connectivity index (χ1n) is 15.3. The quantitative estimate of drug-likeness (QED) is 0.275. The topological polar surface area (TPSA) is 146 Å². The fourth-order valence-electron chi connectivity index (χ4n) is 5.04. The molecule has 0 aromatic heterocycles. The Kier molecular flexibility index (Phi) is 14.1. The van der Waals surface area contributed by atoms with Crippen LogP contribution in [0, 0.1) is 23.7 Å². The minimum absolute atomic E-state index is 0.0524. The largest absolute Gasteiger partial charge is 0.343 e. The smallest absolute Gasteiger partial charge is 0.243 e. The summed E-state index contributed by atoms with van der Waals surface area (Å²) in [5, 5.41) is 14.2. The van der Waals surface area contributed by atoms with E-state index < -0.39 is 59.7 Å². The predicted molar refractivity (Wildman–Crippen MR) is 171 cm³/mol. The minimum atomic E-state index is -1.01. The van der Waals surface area contributed by atoms with Gasteiger partial charge in [-0.15, -0.1) is 0 Å². The van der Waals surface area contributed by atoms with Crippen LogP contribution in [0.5, 0.6) is 0 Å². The van der Waals surface area contributed by atoms with Gasteiger partial charge in [0.1, 0.15) is 30.2 Å². The lowest BCUT2D eigenvalue weighted by molar-refractivity contribution is -0.135. The van der Waals surface area contributed by atoms with Crippen molar-refractivity contribution in [3.63, 3.8) is 0 Å². The van der Waals surface area contributed by atoms with E-state index in [9.17, 15) is 24.0 Å². The molecular weight excluding hydrogens is 614 g/mol. The summed E-state index contributed by atoms with van der Waals surface area (Å²) in [5.41, 5.74) is 0.808. The zero-order valence-electron chi connectivity index (χ0n) is 26.8. The van der Waals surface area contributed by atoms with Crippen molar-refractivity contribution in [3.05, 3.63) is 34.3 Å². The predicted octanol–water partition coefficient (Wildman–Crippen LogP) is 3.22. The lowest BCUT2D eigenvalue weighted by atomic mass is 9.98. The van der Waals surface area contributed by atoms with Crippen LogP contribution in [-0.2, 0) is 30.4 Å². The van der Waals surface area contributed by atoms with Gasteiger partial charge in [-0.05, 0) is 60.6 Å². The van der Waals surface area contributed by atoms with Gasteiger partial charge in [-0.2, -0.15) is 0 Å². The van der Waals surface area contributed by atoms with Gasteiger partial charge < -0.3 is 26.6 Å². The standard InChI is InChI=1S/C32H50BrN5O5/c1-17(2)13-23-28(39)35-25(15-19(5)6)31(42)38-27(20(7)8)32(43)37-24(14-18(3)4)29(40)36-26(30(41)34-23)16-21-9-11-22(33)12-10-21/h9-12,17-20,23-27H,13-16H2,1-8H3,(H,34,41)(H,35,39)(H,36,40)(H,37,43)(H,38,42)/t23-,24-,25-,26+,27-/m0/s1. The van der Waals surface area contributed by atoms with Gasteiger partial charge in [0.25, 0.3) is 0 Å². The van der Waals surface area contributed by atoms with E-state index in [0.717, 1.165) is 10.0 Å². The molecule has 10 nitrogen and oxygen atoms in total.